The maximum absolute atomic E-state index is 13.0. The molecule has 0 aliphatic carbocycles. The number of likely N-dealkylation sites (tertiary alicyclic amines) is 1. The highest BCUT2D eigenvalue weighted by Crippen LogP contribution is 2.40. The Kier molecular flexibility index (Phi) is 7.13. The second-order valence-corrected chi connectivity index (χ2v) is 7.25. The molecule has 1 saturated heterocycles. The lowest BCUT2D eigenvalue weighted by molar-refractivity contribution is -0.139. The minimum atomic E-state index is -0.687. The fourth-order valence-electron chi connectivity index (χ4n) is 3.62. The van der Waals surface area contributed by atoms with Gasteiger partial charge in [-0.1, -0.05) is 38.1 Å². The van der Waals surface area contributed by atoms with Gasteiger partial charge in [0.15, 0.2) is 0 Å². The summed E-state index contributed by atoms with van der Waals surface area (Å²) in [6, 6.07) is 13.3. The summed E-state index contributed by atoms with van der Waals surface area (Å²) in [4.78, 5) is 27.3. The topological polar surface area (TPSA) is 76.1 Å². The van der Waals surface area contributed by atoms with Crippen molar-refractivity contribution in [3.8, 4) is 11.5 Å². The molecule has 1 aliphatic heterocycles. The molecule has 1 unspecified atom stereocenters. The average molecular weight is 421 g/mol. The number of hydrogen-bond acceptors (Lipinski definition) is 5. The Balaban J connectivity index is 2.08. The monoisotopic (exact) mass is 421 g/mol. The van der Waals surface area contributed by atoms with Gasteiger partial charge >= 0.3 is 0 Å². The van der Waals surface area contributed by atoms with Crippen molar-refractivity contribution in [3.05, 3.63) is 77.9 Å². The van der Waals surface area contributed by atoms with Crippen LogP contribution in [-0.2, 0) is 9.59 Å². The molecule has 6 nitrogen and oxygen atoms in total. The van der Waals surface area contributed by atoms with Gasteiger partial charge in [0.25, 0.3) is 11.7 Å². The van der Waals surface area contributed by atoms with E-state index in [9.17, 15) is 14.7 Å². The molecule has 0 aromatic heterocycles. The van der Waals surface area contributed by atoms with Crippen LogP contribution in [0.15, 0.2) is 66.8 Å². The fourth-order valence-corrected chi connectivity index (χ4v) is 3.62. The molecule has 6 heteroatoms. The molecule has 1 aliphatic rings. The summed E-state index contributed by atoms with van der Waals surface area (Å²) < 4.78 is 10.8. The number of aliphatic hydroxyl groups is 1. The predicted octanol–water partition coefficient (Wildman–Crippen LogP) is 4.48. The number of methoxy groups -OCH3 is 1. The number of Topliss-reactive ketones (excluding diaryl/α,β-unsaturated/α-hetero) is 1. The van der Waals surface area contributed by atoms with E-state index in [0.29, 0.717) is 35.8 Å². The number of hydrogen-bond donors (Lipinski definition) is 1. The number of aliphatic hydroxyl groups excluding tert-OH is 1. The molecule has 162 valence electrons. The molecule has 0 bridgehead atoms. The van der Waals surface area contributed by atoms with Crippen molar-refractivity contribution in [1.29, 1.82) is 0 Å². The quantitative estimate of drug-likeness (QED) is 0.280. The first kappa shape index (κ1) is 22.2. The van der Waals surface area contributed by atoms with E-state index in [1.165, 1.54) is 4.90 Å². The second-order valence-electron chi connectivity index (χ2n) is 7.25. The Morgan fingerprint density at radius 2 is 1.90 bits per heavy atom. The van der Waals surface area contributed by atoms with Crippen LogP contribution < -0.4 is 9.47 Å². The molecular weight excluding hydrogens is 394 g/mol. The third-order valence-corrected chi connectivity index (χ3v) is 5.20. The van der Waals surface area contributed by atoms with Crippen LogP contribution in [0.2, 0.25) is 0 Å². The minimum Gasteiger partial charge on any atom is -0.507 e. The molecule has 1 N–H and O–H groups in total. The van der Waals surface area contributed by atoms with Crippen molar-refractivity contribution in [1.82, 2.24) is 4.90 Å². The van der Waals surface area contributed by atoms with Crippen LogP contribution in [0.1, 0.15) is 36.9 Å². The molecule has 2 aromatic carbocycles. The van der Waals surface area contributed by atoms with Crippen LogP contribution in [0.3, 0.4) is 0 Å². The van der Waals surface area contributed by atoms with Gasteiger partial charge in [-0.2, -0.15) is 0 Å². The summed E-state index contributed by atoms with van der Waals surface area (Å²) in [7, 11) is 1.56. The number of nitrogens with zero attached hydrogens (tertiary/aromatic N) is 1. The zero-order valence-electron chi connectivity index (χ0n) is 17.8. The molecule has 3 rings (SSSR count). The number of carbonyl (C=O) groups is 2. The van der Waals surface area contributed by atoms with E-state index in [1.54, 1.807) is 55.7 Å². The molecule has 1 atom stereocenters. The summed E-state index contributed by atoms with van der Waals surface area (Å²) in [6.45, 7) is 6.42. The van der Waals surface area contributed by atoms with Gasteiger partial charge < -0.3 is 19.5 Å². The van der Waals surface area contributed by atoms with Gasteiger partial charge in [0.2, 0.25) is 0 Å². The average Bonchev–Trinajstić information content (AvgIpc) is 3.06. The summed E-state index contributed by atoms with van der Waals surface area (Å²) in [5.41, 5.74) is 1.23. The van der Waals surface area contributed by atoms with Crippen molar-refractivity contribution in [2.45, 2.75) is 25.8 Å². The van der Waals surface area contributed by atoms with Crippen molar-refractivity contribution in [2.75, 3.05) is 20.3 Å². The standard InChI is InChI=1S/C25H27NO5/c1-4-6-14-26-22(18-8-7-9-20(16-18)30-3)21(24(28)25(26)29)23(27)17-10-12-19(13-11-17)31-15-5-2/h5,7-13,16,22,27H,2,4,6,14-15H2,1,3H3/b23-21+. The molecule has 0 saturated carbocycles. The maximum atomic E-state index is 13.0. The highest BCUT2D eigenvalue weighted by Gasteiger charge is 2.45. The largest absolute Gasteiger partial charge is 0.507 e. The van der Waals surface area contributed by atoms with Gasteiger partial charge in [0.05, 0.1) is 18.7 Å². The normalized spacial score (nSPS) is 17.6. The first-order chi connectivity index (χ1) is 15.0. The molecule has 2 aromatic rings. The van der Waals surface area contributed by atoms with E-state index in [0.717, 1.165) is 12.8 Å². The molecule has 1 amide bonds. The first-order valence-electron chi connectivity index (χ1n) is 10.3. The van der Waals surface area contributed by atoms with Gasteiger partial charge in [-0.15, -0.1) is 0 Å². The third-order valence-electron chi connectivity index (χ3n) is 5.20. The van der Waals surface area contributed by atoms with Crippen molar-refractivity contribution >= 4 is 17.4 Å². The first-order valence-corrected chi connectivity index (χ1v) is 10.3. The van der Waals surface area contributed by atoms with E-state index in [1.807, 2.05) is 13.0 Å². The van der Waals surface area contributed by atoms with Crippen molar-refractivity contribution < 1.29 is 24.2 Å². The van der Waals surface area contributed by atoms with Gasteiger partial charge in [0.1, 0.15) is 23.9 Å². The van der Waals surface area contributed by atoms with Crippen LogP contribution >= 0.6 is 0 Å². The number of ketones is 1. The summed E-state index contributed by atoms with van der Waals surface area (Å²) in [5, 5.41) is 11.1. The van der Waals surface area contributed by atoms with Gasteiger partial charge in [0, 0.05) is 12.1 Å². The number of benzene rings is 2. The number of amides is 1. The minimum absolute atomic E-state index is 0.0779. The highest BCUT2D eigenvalue weighted by atomic mass is 16.5. The molecule has 0 radical (unpaired) electrons. The van der Waals surface area contributed by atoms with Crippen molar-refractivity contribution in [3.63, 3.8) is 0 Å². The Hall–Kier alpha value is -3.54. The van der Waals surface area contributed by atoms with Crippen LogP contribution in [0.5, 0.6) is 11.5 Å². The molecule has 1 fully saturated rings. The predicted molar refractivity (Wildman–Crippen MR) is 119 cm³/mol. The van der Waals surface area contributed by atoms with Gasteiger partial charge in [-0.05, 0) is 48.4 Å². The highest BCUT2D eigenvalue weighted by molar-refractivity contribution is 6.46. The van der Waals surface area contributed by atoms with E-state index in [-0.39, 0.29) is 11.3 Å². The van der Waals surface area contributed by atoms with Crippen LogP contribution in [0.25, 0.3) is 5.76 Å². The number of carbonyl (C=O) groups excluding carboxylic acids is 2. The SMILES string of the molecule is C=CCOc1ccc(/C(O)=C2\C(=O)C(=O)N(CCCC)C2c2cccc(OC)c2)cc1. The zero-order valence-corrected chi connectivity index (χ0v) is 17.8. The number of rotatable bonds is 9. The summed E-state index contributed by atoms with van der Waals surface area (Å²) >= 11 is 0. The second kappa shape index (κ2) is 9.98. The molecule has 0 spiro atoms. The summed E-state index contributed by atoms with van der Waals surface area (Å²) in [5.74, 6) is -0.269. The number of ether oxygens (including phenoxy) is 2. The van der Waals surface area contributed by atoms with E-state index in [4.69, 9.17) is 9.47 Å². The van der Waals surface area contributed by atoms with Crippen molar-refractivity contribution in [2.24, 2.45) is 0 Å². The fraction of sp³-hybridized carbons (Fsp3) is 0.280. The van der Waals surface area contributed by atoms with Gasteiger partial charge in [-0.25, -0.2) is 0 Å². The van der Waals surface area contributed by atoms with Gasteiger partial charge in [-0.3, -0.25) is 9.59 Å². The lowest BCUT2D eigenvalue weighted by Gasteiger charge is -2.25. The van der Waals surface area contributed by atoms with E-state index < -0.39 is 17.7 Å². The molecule has 31 heavy (non-hydrogen) atoms. The van der Waals surface area contributed by atoms with Crippen LogP contribution in [0.4, 0.5) is 0 Å². The Labute approximate surface area is 182 Å². The molecular formula is C25H27NO5. The van der Waals surface area contributed by atoms with Crippen LogP contribution in [-0.4, -0.2) is 42.0 Å². The lowest BCUT2D eigenvalue weighted by atomic mass is 9.95. The zero-order chi connectivity index (χ0) is 22.4. The Morgan fingerprint density at radius 1 is 1.16 bits per heavy atom. The lowest BCUT2D eigenvalue weighted by Crippen LogP contribution is -2.30. The van der Waals surface area contributed by atoms with Crippen LogP contribution in [0, 0.1) is 0 Å². The number of unbranched alkanes of at least 4 members (excludes halogenated alkanes) is 1. The van der Waals surface area contributed by atoms with E-state index >= 15 is 0 Å². The maximum Gasteiger partial charge on any atom is 0.295 e. The third kappa shape index (κ3) is 4.63. The Morgan fingerprint density at radius 3 is 2.55 bits per heavy atom. The molecule has 1 heterocycles. The Bertz CT molecular complexity index is 993. The smallest absolute Gasteiger partial charge is 0.295 e. The summed E-state index contributed by atoms with van der Waals surface area (Å²) in [6.07, 6.45) is 3.27. The van der Waals surface area contributed by atoms with E-state index in [2.05, 4.69) is 6.58 Å².